The van der Waals surface area contributed by atoms with Gasteiger partial charge in [-0.05, 0) is 36.3 Å². The van der Waals surface area contributed by atoms with Crippen LogP contribution in [0.25, 0.3) is 0 Å². The van der Waals surface area contributed by atoms with Crippen molar-refractivity contribution in [3.05, 3.63) is 29.8 Å². The predicted octanol–water partition coefficient (Wildman–Crippen LogP) is 2.76. The van der Waals surface area contributed by atoms with Crippen molar-refractivity contribution < 1.29 is 9.53 Å². The van der Waals surface area contributed by atoms with E-state index in [0.29, 0.717) is 6.54 Å². The van der Waals surface area contributed by atoms with E-state index in [-0.39, 0.29) is 11.7 Å². The Morgan fingerprint density at radius 1 is 1.40 bits per heavy atom. The number of anilines is 1. The van der Waals surface area contributed by atoms with Gasteiger partial charge in [-0.15, -0.1) is 0 Å². The van der Waals surface area contributed by atoms with E-state index in [1.165, 1.54) is 5.75 Å². The molecule has 3 rings (SSSR count). The van der Waals surface area contributed by atoms with E-state index in [9.17, 15) is 4.79 Å². The molecule has 1 unspecified atom stereocenters. The number of hydrogen-bond donors (Lipinski definition) is 1. The zero-order valence-corrected chi connectivity index (χ0v) is 12.3. The maximum atomic E-state index is 12.3. The highest BCUT2D eigenvalue weighted by Gasteiger charge is 2.42. The molecule has 0 radical (unpaired) electrons. The van der Waals surface area contributed by atoms with Gasteiger partial charge in [0.2, 0.25) is 0 Å². The number of thioether (sulfide) groups is 1. The molecule has 1 aromatic carbocycles. The lowest BCUT2D eigenvalue weighted by Gasteiger charge is -2.43. The maximum absolute atomic E-state index is 12.3. The normalized spacial score (nSPS) is 26.6. The van der Waals surface area contributed by atoms with Crippen molar-refractivity contribution in [2.45, 2.75) is 31.4 Å². The molecule has 1 atom stereocenters. The molecule has 1 amide bonds. The van der Waals surface area contributed by atoms with Crippen LogP contribution >= 0.6 is 11.8 Å². The number of nitrogens with zero attached hydrogens (tertiary/aromatic N) is 1. The first-order valence-corrected chi connectivity index (χ1v) is 8.25. The summed E-state index contributed by atoms with van der Waals surface area (Å²) < 4.78 is 5.79. The first-order valence-electron chi connectivity index (χ1n) is 7.10. The van der Waals surface area contributed by atoms with Gasteiger partial charge in [0, 0.05) is 31.0 Å². The van der Waals surface area contributed by atoms with E-state index in [2.05, 4.69) is 0 Å². The molecule has 0 saturated carbocycles. The average molecular weight is 292 g/mol. The predicted molar refractivity (Wildman–Crippen MR) is 82.1 cm³/mol. The van der Waals surface area contributed by atoms with E-state index in [0.717, 1.165) is 42.8 Å². The molecule has 1 spiro atoms. The van der Waals surface area contributed by atoms with Gasteiger partial charge in [-0.3, -0.25) is 4.90 Å². The van der Waals surface area contributed by atoms with Gasteiger partial charge in [0.15, 0.2) is 0 Å². The van der Waals surface area contributed by atoms with Crippen molar-refractivity contribution in [3.8, 4) is 0 Å². The Morgan fingerprint density at radius 2 is 2.30 bits per heavy atom. The number of nitrogens with two attached hydrogens (primary N) is 1. The van der Waals surface area contributed by atoms with E-state index in [4.69, 9.17) is 10.5 Å². The number of hydrogen-bond acceptors (Lipinski definition) is 4. The second-order valence-electron chi connectivity index (χ2n) is 5.48. The van der Waals surface area contributed by atoms with E-state index < -0.39 is 0 Å². The number of carbonyl (C=O) groups excluding carboxylic acids is 1. The van der Waals surface area contributed by atoms with Crippen LogP contribution in [0.3, 0.4) is 0 Å². The molecular formula is C15H20N2O2S. The second-order valence-corrected chi connectivity index (χ2v) is 6.59. The molecule has 2 aliphatic heterocycles. The molecule has 0 aliphatic carbocycles. The summed E-state index contributed by atoms with van der Waals surface area (Å²) in [5.74, 6) is 2.12. The molecule has 2 saturated heterocycles. The average Bonchev–Trinajstić information content (AvgIpc) is 2.48. The maximum Gasteiger partial charge on any atom is 0.414 e. The van der Waals surface area contributed by atoms with Crippen LogP contribution in [-0.4, -0.2) is 29.7 Å². The topological polar surface area (TPSA) is 55.6 Å². The number of rotatable bonds is 2. The van der Waals surface area contributed by atoms with Gasteiger partial charge in [0.25, 0.3) is 0 Å². The molecule has 2 N–H and O–H groups in total. The van der Waals surface area contributed by atoms with Crippen LogP contribution in [0, 0.1) is 0 Å². The molecule has 2 aliphatic rings. The minimum atomic E-state index is -0.220. The molecule has 5 heteroatoms. The Morgan fingerprint density at radius 3 is 3.00 bits per heavy atom. The van der Waals surface area contributed by atoms with E-state index in [1.807, 2.05) is 36.0 Å². The SMILES string of the molecule is NCc1cccc(N2CCC3(CCCSC3)OC2=O)c1. The van der Waals surface area contributed by atoms with Crippen LogP contribution in [0.5, 0.6) is 0 Å². The Labute approximate surface area is 123 Å². The number of amides is 1. The third-order valence-corrected chi connectivity index (χ3v) is 5.37. The number of benzene rings is 1. The first-order chi connectivity index (χ1) is 9.72. The zero-order chi connectivity index (χ0) is 14.0. The first kappa shape index (κ1) is 13.8. The second kappa shape index (κ2) is 5.66. The molecule has 20 heavy (non-hydrogen) atoms. The van der Waals surface area contributed by atoms with Gasteiger partial charge in [0.05, 0.1) is 0 Å². The van der Waals surface area contributed by atoms with Gasteiger partial charge in [-0.2, -0.15) is 11.8 Å². The minimum absolute atomic E-state index is 0.215. The quantitative estimate of drug-likeness (QED) is 0.910. The summed E-state index contributed by atoms with van der Waals surface area (Å²) in [4.78, 5) is 14.1. The van der Waals surface area contributed by atoms with Crippen molar-refractivity contribution in [2.24, 2.45) is 5.73 Å². The van der Waals surface area contributed by atoms with Gasteiger partial charge in [-0.1, -0.05) is 12.1 Å². The monoisotopic (exact) mass is 292 g/mol. The molecule has 1 aromatic rings. The van der Waals surface area contributed by atoms with Crippen molar-refractivity contribution in [3.63, 3.8) is 0 Å². The third-order valence-electron chi connectivity index (χ3n) is 4.06. The van der Waals surface area contributed by atoms with Gasteiger partial charge >= 0.3 is 6.09 Å². The molecular weight excluding hydrogens is 272 g/mol. The number of carbonyl (C=O) groups is 1. The minimum Gasteiger partial charge on any atom is -0.442 e. The standard InChI is InChI=1S/C15H20N2O2S/c16-10-12-3-1-4-13(9-12)17-7-6-15(19-14(17)18)5-2-8-20-11-15/h1,3-4,9H,2,5-8,10-11,16H2. The lowest BCUT2D eigenvalue weighted by atomic mass is 9.94. The smallest absolute Gasteiger partial charge is 0.414 e. The van der Waals surface area contributed by atoms with Crippen molar-refractivity contribution >= 4 is 23.5 Å². The summed E-state index contributed by atoms with van der Waals surface area (Å²) in [5.41, 5.74) is 7.35. The molecule has 108 valence electrons. The summed E-state index contributed by atoms with van der Waals surface area (Å²) >= 11 is 1.89. The molecule has 2 heterocycles. The van der Waals surface area contributed by atoms with Crippen LogP contribution in [-0.2, 0) is 11.3 Å². The Kier molecular flexibility index (Phi) is 3.89. The lowest BCUT2D eigenvalue weighted by molar-refractivity contribution is 0.00464. The lowest BCUT2D eigenvalue weighted by Crippen LogP contribution is -2.52. The van der Waals surface area contributed by atoms with E-state index >= 15 is 0 Å². The zero-order valence-electron chi connectivity index (χ0n) is 11.5. The van der Waals surface area contributed by atoms with E-state index in [1.54, 1.807) is 4.90 Å². The van der Waals surface area contributed by atoms with Crippen molar-refractivity contribution in [2.75, 3.05) is 23.0 Å². The van der Waals surface area contributed by atoms with Crippen LogP contribution in [0.2, 0.25) is 0 Å². The number of ether oxygens (including phenoxy) is 1. The molecule has 0 bridgehead atoms. The summed E-state index contributed by atoms with van der Waals surface area (Å²) in [5, 5.41) is 0. The third kappa shape index (κ3) is 2.65. The summed E-state index contributed by atoms with van der Waals surface area (Å²) in [7, 11) is 0. The largest absolute Gasteiger partial charge is 0.442 e. The van der Waals surface area contributed by atoms with Gasteiger partial charge in [-0.25, -0.2) is 4.79 Å². The molecule has 2 fully saturated rings. The van der Waals surface area contributed by atoms with Crippen LogP contribution < -0.4 is 10.6 Å². The summed E-state index contributed by atoms with van der Waals surface area (Å²) in [6.07, 6.45) is 2.84. The molecule has 0 aromatic heterocycles. The Balaban J connectivity index is 1.75. The molecule has 4 nitrogen and oxygen atoms in total. The fourth-order valence-electron chi connectivity index (χ4n) is 2.89. The fraction of sp³-hybridized carbons (Fsp3) is 0.533. The van der Waals surface area contributed by atoms with Crippen molar-refractivity contribution in [1.82, 2.24) is 0 Å². The van der Waals surface area contributed by atoms with Crippen LogP contribution in [0.1, 0.15) is 24.8 Å². The highest BCUT2D eigenvalue weighted by molar-refractivity contribution is 7.99. The summed E-state index contributed by atoms with van der Waals surface area (Å²) in [6.45, 7) is 1.21. The van der Waals surface area contributed by atoms with Crippen LogP contribution in [0.15, 0.2) is 24.3 Å². The van der Waals surface area contributed by atoms with Gasteiger partial charge < -0.3 is 10.5 Å². The fourth-order valence-corrected chi connectivity index (χ4v) is 4.10. The Bertz CT molecular complexity index is 500. The van der Waals surface area contributed by atoms with Gasteiger partial charge in [0.1, 0.15) is 5.60 Å². The highest BCUT2D eigenvalue weighted by Crippen LogP contribution is 2.37. The van der Waals surface area contributed by atoms with Crippen molar-refractivity contribution in [1.29, 1.82) is 0 Å². The summed E-state index contributed by atoms with van der Waals surface area (Å²) in [6, 6.07) is 7.81. The van der Waals surface area contributed by atoms with Crippen LogP contribution in [0.4, 0.5) is 10.5 Å². The highest BCUT2D eigenvalue weighted by atomic mass is 32.2. The Hall–Kier alpha value is -1.20.